The Morgan fingerprint density at radius 2 is 1.96 bits per heavy atom. The summed E-state index contributed by atoms with van der Waals surface area (Å²) in [6.07, 6.45) is 6.82. The normalized spacial score (nSPS) is 24.3. The number of amides is 1. The highest BCUT2D eigenvalue weighted by molar-refractivity contribution is 5.84. The number of rotatable bonds is 4. The lowest BCUT2D eigenvalue weighted by Crippen LogP contribution is -2.49. The highest BCUT2D eigenvalue weighted by atomic mass is 16.3. The molecule has 0 radical (unpaired) electrons. The number of carbonyl (C=O) groups excluding carboxylic acids is 1. The predicted molar refractivity (Wildman–Crippen MR) is 108 cm³/mol. The van der Waals surface area contributed by atoms with Crippen molar-refractivity contribution in [2.24, 2.45) is 5.92 Å². The molecule has 1 aromatic rings. The van der Waals surface area contributed by atoms with Gasteiger partial charge in [0.15, 0.2) is 0 Å². The maximum Gasteiger partial charge on any atom is 0.242 e. The average Bonchev–Trinajstić information content (AvgIpc) is 2.85. The van der Waals surface area contributed by atoms with Crippen LogP contribution in [0.25, 0.3) is 0 Å². The van der Waals surface area contributed by atoms with E-state index < -0.39 is 0 Å². The molecule has 0 bridgehead atoms. The Morgan fingerprint density at radius 3 is 2.68 bits per heavy atom. The standard InChI is InChI=1S/C20H32N6O2/c1-24-13-18(28)26(16-3-2-7-21-11-16)12-17-19(24)22-14-23-20(17)25-8-4-15(5-9-25)6-10-27/h14-16,21,27H,2-13H2,1H3. The van der Waals surface area contributed by atoms with Gasteiger partial charge in [0, 0.05) is 39.3 Å². The summed E-state index contributed by atoms with van der Waals surface area (Å²) in [5.41, 5.74) is 1.07. The van der Waals surface area contributed by atoms with Crippen LogP contribution in [0.5, 0.6) is 0 Å². The number of hydrogen-bond acceptors (Lipinski definition) is 7. The van der Waals surface area contributed by atoms with Gasteiger partial charge in [0.2, 0.25) is 5.91 Å². The van der Waals surface area contributed by atoms with Crippen molar-refractivity contribution < 1.29 is 9.90 Å². The van der Waals surface area contributed by atoms with E-state index in [1.807, 2.05) is 16.8 Å². The van der Waals surface area contributed by atoms with Gasteiger partial charge in [-0.1, -0.05) is 0 Å². The second kappa shape index (κ2) is 8.61. The minimum atomic E-state index is 0.168. The second-order valence-electron chi connectivity index (χ2n) is 8.32. The Bertz CT molecular complexity index is 685. The maximum absolute atomic E-state index is 13.0. The van der Waals surface area contributed by atoms with Gasteiger partial charge in [-0.25, -0.2) is 9.97 Å². The van der Waals surface area contributed by atoms with E-state index in [-0.39, 0.29) is 18.6 Å². The first-order valence-electron chi connectivity index (χ1n) is 10.6. The van der Waals surface area contributed by atoms with Gasteiger partial charge in [-0.15, -0.1) is 0 Å². The van der Waals surface area contributed by atoms with Crippen molar-refractivity contribution in [1.29, 1.82) is 0 Å². The Morgan fingerprint density at radius 1 is 1.18 bits per heavy atom. The molecule has 154 valence electrons. The summed E-state index contributed by atoms with van der Waals surface area (Å²) < 4.78 is 0. The van der Waals surface area contributed by atoms with Crippen molar-refractivity contribution in [1.82, 2.24) is 20.2 Å². The fraction of sp³-hybridized carbons (Fsp3) is 0.750. The summed E-state index contributed by atoms with van der Waals surface area (Å²) in [4.78, 5) is 28.5. The van der Waals surface area contributed by atoms with Gasteiger partial charge in [-0.05, 0) is 44.6 Å². The van der Waals surface area contributed by atoms with Crippen LogP contribution in [-0.4, -0.2) is 78.3 Å². The molecule has 3 aliphatic rings. The molecule has 0 aromatic carbocycles. The number of nitrogens with one attached hydrogen (secondary N) is 1. The molecule has 4 heterocycles. The molecule has 1 aromatic heterocycles. The van der Waals surface area contributed by atoms with E-state index in [4.69, 9.17) is 0 Å². The Kier molecular flexibility index (Phi) is 5.96. The number of nitrogens with zero attached hydrogens (tertiary/aromatic N) is 5. The van der Waals surface area contributed by atoms with Gasteiger partial charge in [0.05, 0.1) is 18.7 Å². The molecular weight excluding hydrogens is 356 g/mol. The van der Waals surface area contributed by atoms with Crippen LogP contribution in [0, 0.1) is 5.92 Å². The van der Waals surface area contributed by atoms with E-state index in [0.29, 0.717) is 19.0 Å². The van der Waals surface area contributed by atoms with Crippen molar-refractivity contribution in [2.75, 3.05) is 56.2 Å². The third-order valence-electron chi connectivity index (χ3n) is 6.45. The molecule has 8 heteroatoms. The van der Waals surface area contributed by atoms with E-state index in [1.165, 1.54) is 0 Å². The topological polar surface area (TPSA) is 84.8 Å². The number of piperidine rings is 2. The van der Waals surface area contributed by atoms with Crippen LogP contribution >= 0.6 is 0 Å². The summed E-state index contributed by atoms with van der Waals surface area (Å²) >= 11 is 0. The molecule has 28 heavy (non-hydrogen) atoms. The maximum atomic E-state index is 13.0. The lowest BCUT2D eigenvalue weighted by molar-refractivity contribution is -0.132. The van der Waals surface area contributed by atoms with Gasteiger partial charge in [-0.3, -0.25) is 4.79 Å². The van der Waals surface area contributed by atoms with Crippen molar-refractivity contribution in [2.45, 2.75) is 44.7 Å². The van der Waals surface area contributed by atoms with Crippen LogP contribution < -0.4 is 15.1 Å². The van der Waals surface area contributed by atoms with Crippen LogP contribution in [-0.2, 0) is 11.3 Å². The SMILES string of the molecule is CN1CC(=O)N(C2CCCNC2)Cc2c1ncnc2N1CCC(CCO)CC1. The predicted octanol–water partition coefficient (Wildman–Crippen LogP) is 0.606. The van der Waals surface area contributed by atoms with Crippen molar-refractivity contribution in [3.63, 3.8) is 0 Å². The van der Waals surface area contributed by atoms with Crippen LogP contribution in [0.15, 0.2) is 6.33 Å². The molecule has 1 unspecified atom stereocenters. The summed E-state index contributed by atoms with van der Waals surface area (Å²) in [7, 11) is 1.95. The molecule has 2 N–H and O–H groups in total. The van der Waals surface area contributed by atoms with Crippen molar-refractivity contribution >= 4 is 17.5 Å². The molecule has 0 saturated carbocycles. The minimum absolute atomic E-state index is 0.168. The van der Waals surface area contributed by atoms with Crippen LogP contribution in [0.3, 0.4) is 0 Å². The lowest BCUT2D eigenvalue weighted by atomic mass is 9.94. The smallest absolute Gasteiger partial charge is 0.242 e. The van der Waals surface area contributed by atoms with Crippen LogP contribution in [0.4, 0.5) is 11.6 Å². The molecule has 0 aliphatic carbocycles. The Balaban J connectivity index is 1.59. The summed E-state index contributed by atoms with van der Waals surface area (Å²) in [6, 6.07) is 0.240. The minimum Gasteiger partial charge on any atom is -0.396 e. The number of anilines is 2. The number of hydrogen-bond donors (Lipinski definition) is 2. The first-order chi connectivity index (χ1) is 13.7. The molecule has 2 saturated heterocycles. The first kappa shape index (κ1) is 19.4. The van der Waals surface area contributed by atoms with Crippen molar-refractivity contribution in [3.05, 3.63) is 11.9 Å². The number of likely N-dealkylation sites (N-methyl/N-ethyl adjacent to an activating group) is 1. The zero-order valence-corrected chi connectivity index (χ0v) is 16.8. The third kappa shape index (κ3) is 3.93. The number of aromatic nitrogens is 2. The summed E-state index contributed by atoms with van der Waals surface area (Å²) in [5, 5.41) is 12.6. The quantitative estimate of drug-likeness (QED) is 0.782. The molecule has 1 atom stereocenters. The number of fused-ring (bicyclic) bond motifs is 1. The van der Waals surface area contributed by atoms with Gasteiger partial charge in [0.1, 0.15) is 18.0 Å². The Hall–Kier alpha value is -1.93. The molecule has 4 rings (SSSR count). The van der Waals surface area contributed by atoms with E-state index in [9.17, 15) is 9.90 Å². The van der Waals surface area contributed by atoms with Gasteiger partial charge >= 0.3 is 0 Å². The van der Waals surface area contributed by atoms with E-state index in [2.05, 4.69) is 20.2 Å². The number of aliphatic hydroxyl groups excluding tert-OH is 1. The highest BCUT2D eigenvalue weighted by Crippen LogP contribution is 2.33. The fourth-order valence-corrected chi connectivity index (χ4v) is 4.81. The van der Waals surface area contributed by atoms with Gasteiger partial charge in [-0.2, -0.15) is 0 Å². The largest absolute Gasteiger partial charge is 0.396 e. The van der Waals surface area contributed by atoms with Gasteiger partial charge in [0.25, 0.3) is 0 Å². The molecule has 8 nitrogen and oxygen atoms in total. The zero-order valence-electron chi connectivity index (χ0n) is 16.8. The fourth-order valence-electron chi connectivity index (χ4n) is 4.81. The average molecular weight is 389 g/mol. The van der Waals surface area contributed by atoms with Crippen LogP contribution in [0.1, 0.15) is 37.7 Å². The Labute approximate surface area is 166 Å². The third-order valence-corrected chi connectivity index (χ3v) is 6.45. The molecular formula is C20H32N6O2. The lowest BCUT2D eigenvalue weighted by Gasteiger charge is -2.36. The molecule has 3 aliphatic heterocycles. The highest BCUT2D eigenvalue weighted by Gasteiger charge is 2.33. The first-order valence-corrected chi connectivity index (χ1v) is 10.6. The monoisotopic (exact) mass is 388 g/mol. The molecule has 1 amide bonds. The van der Waals surface area contributed by atoms with E-state index >= 15 is 0 Å². The zero-order chi connectivity index (χ0) is 19.5. The van der Waals surface area contributed by atoms with Crippen LogP contribution in [0.2, 0.25) is 0 Å². The summed E-state index contributed by atoms with van der Waals surface area (Å²) in [6.45, 7) is 4.99. The summed E-state index contributed by atoms with van der Waals surface area (Å²) in [5.74, 6) is 2.61. The number of aliphatic hydroxyl groups is 1. The molecule has 2 fully saturated rings. The molecule has 0 spiro atoms. The number of carbonyl (C=O) groups is 1. The van der Waals surface area contributed by atoms with E-state index in [0.717, 1.165) is 75.5 Å². The second-order valence-corrected chi connectivity index (χ2v) is 8.32. The van der Waals surface area contributed by atoms with E-state index in [1.54, 1.807) is 6.33 Å². The van der Waals surface area contributed by atoms with Gasteiger partial charge < -0.3 is 25.1 Å². The van der Waals surface area contributed by atoms with Crippen molar-refractivity contribution in [3.8, 4) is 0 Å².